The van der Waals surface area contributed by atoms with E-state index in [0.717, 1.165) is 10.5 Å². The number of carbonyl (C=O) groups is 2. The number of carboxylic acids is 1. The zero-order chi connectivity index (χ0) is 15.2. The van der Waals surface area contributed by atoms with Crippen LogP contribution in [0.4, 0.5) is 0 Å². The minimum atomic E-state index is -0.976. The molecule has 0 radical (unpaired) electrons. The lowest BCUT2D eigenvalue weighted by molar-refractivity contribution is 0.0696. The van der Waals surface area contributed by atoms with E-state index in [1.54, 1.807) is 42.1 Å². The number of hydrogen-bond donors (Lipinski definition) is 2. The summed E-state index contributed by atoms with van der Waals surface area (Å²) in [5, 5.41) is 11.7. The molecule has 0 saturated carbocycles. The van der Waals surface area contributed by atoms with Crippen LogP contribution in [0.1, 0.15) is 26.3 Å². The highest BCUT2D eigenvalue weighted by Crippen LogP contribution is 2.15. The summed E-state index contributed by atoms with van der Waals surface area (Å²) in [4.78, 5) is 24.0. The molecule has 0 aliphatic carbocycles. The predicted octanol–water partition coefficient (Wildman–Crippen LogP) is 3.04. The first-order valence-electron chi connectivity index (χ1n) is 6.34. The van der Waals surface area contributed by atoms with Crippen molar-refractivity contribution in [2.45, 2.75) is 11.4 Å². The highest BCUT2D eigenvalue weighted by atomic mass is 32.2. The smallest absolute Gasteiger partial charge is 0.335 e. The Morgan fingerprint density at radius 1 is 1.10 bits per heavy atom. The third-order valence-corrected chi connectivity index (χ3v) is 3.72. The Balaban J connectivity index is 2.00. The van der Waals surface area contributed by atoms with Gasteiger partial charge in [-0.25, -0.2) is 4.79 Å². The van der Waals surface area contributed by atoms with E-state index in [0.29, 0.717) is 12.1 Å². The standard InChI is InChI=1S/C16H15NO3S/c1-21-14-7-5-12(6-8-14)15(18)17-10-11-3-2-4-13(9-11)16(19)20/h2-9H,10H2,1H3,(H,17,18)(H,19,20). The minimum absolute atomic E-state index is 0.177. The van der Waals surface area contributed by atoms with Crippen molar-refractivity contribution in [3.63, 3.8) is 0 Å². The van der Waals surface area contributed by atoms with Crippen LogP contribution in [0.15, 0.2) is 53.4 Å². The van der Waals surface area contributed by atoms with Crippen LogP contribution in [-0.4, -0.2) is 23.2 Å². The fraction of sp³-hybridized carbons (Fsp3) is 0.125. The van der Waals surface area contributed by atoms with Gasteiger partial charge in [-0.2, -0.15) is 0 Å². The third-order valence-electron chi connectivity index (χ3n) is 2.98. The number of rotatable bonds is 5. The number of aromatic carboxylic acids is 1. The number of nitrogens with one attached hydrogen (secondary N) is 1. The normalized spacial score (nSPS) is 10.1. The van der Waals surface area contributed by atoms with Crippen LogP contribution in [0.25, 0.3) is 0 Å². The summed E-state index contributed by atoms with van der Waals surface area (Å²) >= 11 is 1.62. The molecular weight excluding hydrogens is 286 g/mol. The summed E-state index contributed by atoms with van der Waals surface area (Å²) in [6.07, 6.45) is 1.98. The molecule has 5 heteroatoms. The van der Waals surface area contributed by atoms with Crippen molar-refractivity contribution < 1.29 is 14.7 Å². The van der Waals surface area contributed by atoms with Gasteiger partial charge in [-0.1, -0.05) is 12.1 Å². The van der Waals surface area contributed by atoms with Crippen LogP contribution >= 0.6 is 11.8 Å². The molecule has 0 atom stereocenters. The fourth-order valence-corrected chi connectivity index (χ4v) is 2.25. The Labute approximate surface area is 127 Å². The summed E-state index contributed by atoms with van der Waals surface area (Å²) < 4.78 is 0. The SMILES string of the molecule is CSc1ccc(C(=O)NCc2cccc(C(=O)O)c2)cc1. The average Bonchev–Trinajstić information content (AvgIpc) is 2.53. The zero-order valence-corrected chi connectivity index (χ0v) is 12.3. The largest absolute Gasteiger partial charge is 0.478 e. The van der Waals surface area contributed by atoms with Gasteiger partial charge >= 0.3 is 5.97 Å². The van der Waals surface area contributed by atoms with Gasteiger partial charge in [0.15, 0.2) is 0 Å². The van der Waals surface area contributed by atoms with Crippen molar-refractivity contribution in [3.05, 3.63) is 65.2 Å². The molecule has 0 saturated heterocycles. The molecule has 0 heterocycles. The van der Waals surface area contributed by atoms with Gasteiger partial charge in [0, 0.05) is 17.0 Å². The van der Waals surface area contributed by atoms with Gasteiger partial charge < -0.3 is 10.4 Å². The quantitative estimate of drug-likeness (QED) is 0.833. The van der Waals surface area contributed by atoms with E-state index in [9.17, 15) is 9.59 Å². The monoisotopic (exact) mass is 301 g/mol. The highest BCUT2D eigenvalue weighted by Gasteiger charge is 2.07. The van der Waals surface area contributed by atoms with Crippen LogP contribution in [-0.2, 0) is 6.54 Å². The first-order valence-corrected chi connectivity index (χ1v) is 7.57. The molecule has 21 heavy (non-hydrogen) atoms. The minimum Gasteiger partial charge on any atom is -0.478 e. The maximum absolute atomic E-state index is 12.0. The van der Waals surface area contributed by atoms with Crippen LogP contribution in [0, 0.1) is 0 Å². The third kappa shape index (κ3) is 4.10. The first-order chi connectivity index (χ1) is 10.1. The average molecular weight is 301 g/mol. The van der Waals surface area contributed by atoms with Gasteiger partial charge in [0.1, 0.15) is 0 Å². The summed E-state index contributed by atoms with van der Waals surface area (Å²) in [6.45, 7) is 0.296. The van der Waals surface area contributed by atoms with Gasteiger partial charge in [-0.05, 0) is 48.2 Å². The lowest BCUT2D eigenvalue weighted by Gasteiger charge is -2.06. The van der Waals surface area contributed by atoms with Crippen molar-refractivity contribution in [1.82, 2.24) is 5.32 Å². The number of benzene rings is 2. The number of thioether (sulfide) groups is 1. The molecule has 2 rings (SSSR count). The number of hydrogen-bond acceptors (Lipinski definition) is 3. The van der Waals surface area contributed by atoms with Crippen LogP contribution in [0.3, 0.4) is 0 Å². The molecule has 2 aromatic rings. The van der Waals surface area contributed by atoms with E-state index < -0.39 is 5.97 Å². The Kier molecular flexibility index (Phi) is 5.00. The van der Waals surface area contributed by atoms with Crippen molar-refractivity contribution in [1.29, 1.82) is 0 Å². The second-order valence-corrected chi connectivity index (χ2v) is 5.30. The second-order valence-electron chi connectivity index (χ2n) is 4.42. The Bertz CT molecular complexity index is 653. The lowest BCUT2D eigenvalue weighted by atomic mass is 10.1. The summed E-state index contributed by atoms with van der Waals surface area (Å²) in [7, 11) is 0. The van der Waals surface area contributed by atoms with Crippen molar-refractivity contribution in [2.75, 3.05) is 6.26 Å². The van der Waals surface area contributed by atoms with E-state index >= 15 is 0 Å². The predicted molar refractivity (Wildman–Crippen MR) is 82.8 cm³/mol. The molecule has 108 valence electrons. The molecule has 0 aliphatic heterocycles. The first kappa shape index (κ1) is 15.1. The molecule has 0 unspecified atom stereocenters. The molecule has 2 aromatic carbocycles. The molecule has 0 spiro atoms. The number of carboxylic acid groups (broad SMARTS) is 1. The topological polar surface area (TPSA) is 66.4 Å². The maximum Gasteiger partial charge on any atom is 0.335 e. The molecule has 0 fully saturated rings. The zero-order valence-electron chi connectivity index (χ0n) is 11.5. The molecule has 0 bridgehead atoms. The van der Waals surface area contributed by atoms with Gasteiger partial charge in [0.05, 0.1) is 5.56 Å². The molecule has 0 aliphatic rings. The highest BCUT2D eigenvalue weighted by molar-refractivity contribution is 7.98. The summed E-state index contributed by atoms with van der Waals surface area (Å²) in [6, 6.07) is 13.9. The Hall–Kier alpha value is -2.27. The van der Waals surface area contributed by atoms with E-state index in [1.165, 1.54) is 6.07 Å². The van der Waals surface area contributed by atoms with E-state index in [-0.39, 0.29) is 11.5 Å². The van der Waals surface area contributed by atoms with Crippen LogP contribution in [0.2, 0.25) is 0 Å². The van der Waals surface area contributed by atoms with Gasteiger partial charge in [-0.3, -0.25) is 4.79 Å². The molecule has 4 nitrogen and oxygen atoms in total. The van der Waals surface area contributed by atoms with E-state index in [4.69, 9.17) is 5.11 Å². The van der Waals surface area contributed by atoms with Gasteiger partial charge in [0.2, 0.25) is 0 Å². The molecule has 1 amide bonds. The van der Waals surface area contributed by atoms with Gasteiger partial charge in [0.25, 0.3) is 5.91 Å². The van der Waals surface area contributed by atoms with E-state index in [1.807, 2.05) is 18.4 Å². The number of carbonyl (C=O) groups excluding carboxylic acids is 1. The summed E-state index contributed by atoms with van der Waals surface area (Å²) in [5.74, 6) is -1.15. The maximum atomic E-state index is 12.0. The van der Waals surface area contributed by atoms with E-state index in [2.05, 4.69) is 5.32 Å². The lowest BCUT2D eigenvalue weighted by Crippen LogP contribution is -2.22. The summed E-state index contributed by atoms with van der Waals surface area (Å²) in [5.41, 5.74) is 1.55. The molecule has 0 aromatic heterocycles. The van der Waals surface area contributed by atoms with Gasteiger partial charge in [-0.15, -0.1) is 11.8 Å². The van der Waals surface area contributed by atoms with Crippen molar-refractivity contribution >= 4 is 23.6 Å². The molecular formula is C16H15NO3S. The van der Waals surface area contributed by atoms with Crippen molar-refractivity contribution in [2.24, 2.45) is 0 Å². The van der Waals surface area contributed by atoms with Crippen LogP contribution < -0.4 is 5.32 Å². The Morgan fingerprint density at radius 2 is 1.81 bits per heavy atom. The number of amides is 1. The molecule has 2 N–H and O–H groups in total. The second kappa shape index (κ2) is 6.95. The van der Waals surface area contributed by atoms with Crippen molar-refractivity contribution in [3.8, 4) is 0 Å². The Morgan fingerprint density at radius 3 is 2.43 bits per heavy atom. The fourth-order valence-electron chi connectivity index (χ4n) is 1.84. The van der Waals surface area contributed by atoms with Crippen LogP contribution in [0.5, 0.6) is 0 Å².